The summed E-state index contributed by atoms with van der Waals surface area (Å²) >= 11 is 0. The minimum Gasteiger partial charge on any atom is -0.370 e. The number of aliphatic imine (C=N–C) groups is 1. The average molecular weight is 351 g/mol. The van der Waals surface area contributed by atoms with E-state index in [4.69, 9.17) is 5.73 Å². The fourth-order valence-corrected chi connectivity index (χ4v) is 4.09. The molecule has 1 aliphatic rings. The van der Waals surface area contributed by atoms with Gasteiger partial charge in [0.1, 0.15) is 0 Å². The summed E-state index contributed by atoms with van der Waals surface area (Å²) in [6.45, 7) is 6.78. The quantitative estimate of drug-likeness (QED) is 0.434. The van der Waals surface area contributed by atoms with Crippen LogP contribution in [0.4, 0.5) is 0 Å². The Hall–Kier alpha value is -1.90. The highest BCUT2D eigenvalue weighted by Crippen LogP contribution is 2.22. The summed E-state index contributed by atoms with van der Waals surface area (Å²) in [4.78, 5) is 6.63. The molecule has 1 fully saturated rings. The first-order valence-corrected chi connectivity index (χ1v) is 9.30. The van der Waals surface area contributed by atoms with Crippen LogP contribution in [0, 0.1) is 0 Å². The van der Waals surface area contributed by atoms with Crippen LogP contribution in [0.5, 0.6) is 0 Å². The van der Waals surface area contributed by atoms with Crippen LogP contribution in [0.1, 0.15) is 5.56 Å². The maximum Gasteiger partial charge on any atom is 0.243 e. The normalized spacial score (nSPS) is 17.6. The van der Waals surface area contributed by atoms with Crippen molar-refractivity contribution in [3.8, 4) is 0 Å². The molecule has 0 saturated carbocycles. The van der Waals surface area contributed by atoms with Crippen molar-refractivity contribution in [1.29, 1.82) is 0 Å². The van der Waals surface area contributed by atoms with Crippen molar-refractivity contribution in [3.63, 3.8) is 0 Å². The Morgan fingerprint density at radius 1 is 1.33 bits per heavy atom. The van der Waals surface area contributed by atoms with Crippen LogP contribution in [0.25, 0.3) is 0 Å². The molecule has 7 nitrogen and oxygen atoms in total. The average Bonchev–Trinajstić information content (AvgIpc) is 2.58. The van der Waals surface area contributed by atoms with Gasteiger partial charge >= 0.3 is 0 Å². The molecule has 0 aliphatic carbocycles. The van der Waals surface area contributed by atoms with E-state index in [-0.39, 0.29) is 12.5 Å². The SMILES string of the molecule is C=CCNC(N)=NCc1ccccc1S(=O)(=O)N1CCN(C)CC1. The van der Waals surface area contributed by atoms with Crippen LogP contribution in [-0.2, 0) is 16.6 Å². The number of hydrogen-bond donors (Lipinski definition) is 2. The van der Waals surface area contributed by atoms with Crippen LogP contribution in [0.3, 0.4) is 0 Å². The van der Waals surface area contributed by atoms with Crippen molar-refractivity contribution in [2.45, 2.75) is 11.4 Å². The molecule has 0 amide bonds. The second-order valence-electron chi connectivity index (χ2n) is 5.69. The van der Waals surface area contributed by atoms with Gasteiger partial charge in [0.15, 0.2) is 5.96 Å². The zero-order chi connectivity index (χ0) is 17.6. The number of guanidine groups is 1. The predicted octanol–water partition coefficient (Wildman–Crippen LogP) is 0.213. The van der Waals surface area contributed by atoms with Gasteiger partial charge in [-0.15, -0.1) is 6.58 Å². The molecule has 1 saturated heterocycles. The fourth-order valence-electron chi connectivity index (χ4n) is 2.46. The molecule has 1 aliphatic heterocycles. The number of nitrogens with two attached hydrogens (primary N) is 1. The Bertz CT molecular complexity index is 694. The van der Waals surface area contributed by atoms with Crippen LogP contribution in [-0.4, -0.2) is 63.4 Å². The molecule has 0 aromatic heterocycles. The molecule has 24 heavy (non-hydrogen) atoms. The second-order valence-corrected chi connectivity index (χ2v) is 7.59. The lowest BCUT2D eigenvalue weighted by Crippen LogP contribution is -2.47. The molecule has 0 radical (unpaired) electrons. The molecule has 1 heterocycles. The van der Waals surface area contributed by atoms with Gasteiger partial charge < -0.3 is 16.0 Å². The Balaban J connectivity index is 2.20. The lowest BCUT2D eigenvalue weighted by molar-refractivity contribution is 0.222. The minimum absolute atomic E-state index is 0.207. The van der Waals surface area contributed by atoms with E-state index >= 15 is 0 Å². The van der Waals surface area contributed by atoms with Gasteiger partial charge in [-0.05, 0) is 18.7 Å². The summed E-state index contributed by atoms with van der Waals surface area (Å²) in [6.07, 6.45) is 1.67. The van der Waals surface area contributed by atoms with Crippen LogP contribution in [0.15, 0.2) is 46.8 Å². The van der Waals surface area contributed by atoms with E-state index in [1.54, 1.807) is 30.3 Å². The highest BCUT2D eigenvalue weighted by molar-refractivity contribution is 7.89. The van der Waals surface area contributed by atoms with Gasteiger partial charge in [-0.2, -0.15) is 4.31 Å². The van der Waals surface area contributed by atoms with Crippen molar-refractivity contribution < 1.29 is 8.42 Å². The summed E-state index contributed by atoms with van der Waals surface area (Å²) in [5, 5.41) is 2.87. The third-order valence-corrected chi connectivity index (χ3v) is 5.90. The molecule has 1 aromatic rings. The number of sulfonamides is 1. The minimum atomic E-state index is -3.52. The lowest BCUT2D eigenvalue weighted by atomic mass is 10.2. The monoisotopic (exact) mass is 351 g/mol. The molecule has 1 aromatic carbocycles. The Labute approximate surface area is 143 Å². The molecule has 8 heteroatoms. The van der Waals surface area contributed by atoms with Crippen molar-refractivity contribution >= 4 is 16.0 Å². The van der Waals surface area contributed by atoms with Gasteiger partial charge in [0.25, 0.3) is 0 Å². The highest BCUT2D eigenvalue weighted by atomic mass is 32.2. The molecule has 0 bridgehead atoms. The Morgan fingerprint density at radius 2 is 2.00 bits per heavy atom. The molecule has 132 valence electrons. The summed E-state index contributed by atoms with van der Waals surface area (Å²) in [7, 11) is -1.53. The third-order valence-electron chi connectivity index (χ3n) is 3.90. The van der Waals surface area contributed by atoms with E-state index in [9.17, 15) is 8.42 Å². The largest absolute Gasteiger partial charge is 0.370 e. The standard InChI is InChI=1S/C16H25N5O2S/c1-3-8-18-16(17)19-13-14-6-4-5-7-15(14)24(22,23)21-11-9-20(2)10-12-21/h3-7H,1,8-13H2,2H3,(H3,17,18,19). The smallest absolute Gasteiger partial charge is 0.243 e. The van der Waals surface area contributed by atoms with Gasteiger partial charge in [-0.25, -0.2) is 13.4 Å². The van der Waals surface area contributed by atoms with Crippen molar-refractivity contribution in [2.75, 3.05) is 39.8 Å². The van der Waals surface area contributed by atoms with E-state index in [0.29, 0.717) is 30.1 Å². The Kier molecular flexibility index (Phi) is 6.36. The molecule has 0 atom stereocenters. The van der Waals surface area contributed by atoms with Gasteiger partial charge in [0.2, 0.25) is 10.0 Å². The zero-order valence-corrected chi connectivity index (χ0v) is 14.8. The van der Waals surface area contributed by atoms with E-state index in [1.807, 2.05) is 7.05 Å². The van der Waals surface area contributed by atoms with Crippen LogP contribution < -0.4 is 11.1 Å². The number of nitrogens with one attached hydrogen (secondary N) is 1. The maximum atomic E-state index is 12.9. The van der Waals surface area contributed by atoms with Crippen LogP contribution in [0.2, 0.25) is 0 Å². The molecular formula is C16H25N5O2S. The molecule has 3 N–H and O–H groups in total. The fraction of sp³-hybridized carbons (Fsp3) is 0.438. The number of hydrogen-bond acceptors (Lipinski definition) is 4. The van der Waals surface area contributed by atoms with Crippen molar-refractivity contribution in [2.24, 2.45) is 10.7 Å². The number of nitrogens with zero attached hydrogens (tertiary/aromatic N) is 3. The number of likely N-dealkylation sites (N-methyl/N-ethyl adjacent to an activating group) is 1. The summed E-state index contributed by atoms with van der Waals surface area (Å²) in [5.74, 6) is 0.265. The van der Waals surface area contributed by atoms with E-state index in [1.165, 1.54) is 4.31 Å². The van der Waals surface area contributed by atoms with Gasteiger partial charge in [-0.1, -0.05) is 24.3 Å². The zero-order valence-electron chi connectivity index (χ0n) is 14.0. The maximum absolute atomic E-state index is 12.9. The molecule has 0 spiro atoms. The van der Waals surface area contributed by atoms with Gasteiger partial charge in [0, 0.05) is 32.7 Å². The van der Waals surface area contributed by atoms with Gasteiger partial charge in [0.05, 0.1) is 11.4 Å². The van der Waals surface area contributed by atoms with E-state index in [2.05, 4.69) is 21.8 Å². The van der Waals surface area contributed by atoms with E-state index in [0.717, 1.165) is 13.1 Å². The summed E-state index contributed by atoms with van der Waals surface area (Å²) < 4.78 is 27.4. The summed E-state index contributed by atoms with van der Waals surface area (Å²) in [6, 6.07) is 6.94. The third kappa shape index (κ3) is 4.56. The van der Waals surface area contributed by atoms with E-state index < -0.39 is 10.0 Å². The highest BCUT2D eigenvalue weighted by Gasteiger charge is 2.29. The van der Waals surface area contributed by atoms with Gasteiger partial charge in [-0.3, -0.25) is 0 Å². The summed E-state index contributed by atoms with van der Waals surface area (Å²) in [5.41, 5.74) is 6.39. The first kappa shape index (κ1) is 18.4. The number of piperazine rings is 1. The molecule has 0 unspecified atom stereocenters. The predicted molar refractivity (Wildman–Crippen MR) is 96.2 cm³/mol. The Morgan fingerprint density at radius 3 is 2.67 bits per heavy atom. The molecular weight excluding hydrogens is 326 g/mol. The molecule has 2 rings (SSSR count). The number of benzene rings is 1. The first-order valence-electron chi connectivity index (χ1n) is 7.86. The topological polar surface area (TPSA) is 91.0 Å². The van der Waals surface area contributed by atoms with Crippen LogP contribution >= 0.6 is 0 Å². The first-order chi connectivity index (χ1) is 11.4. The number of rotatable bonds is 6. The van der Waals surface area contributed by atoms with Crippen molar-refractivity contribution in [1.82, 2.24) is 14.5 Å². The van der Waals surface area contributed by atoms with Crippen molar-refractivity contribution in [3.05, 3.63) is 42.5 Å². The second kappa shape index (κ2) is 8.27. The lowest BCUT2D eigenvalue weighted by Gasteiger charge is -2.32.